The van der Waals surface area contributed by atoms with Crippen LogP contribution in [0.5, 0.6) is 0 Å². The van der Waals surface area contributed by atoms with Crippen molar-refractivity contribution in [3.63, 3.8) is 0 Å². The second-order valence-corrected chi connectivity index (χ2v) is 4.81. The largest absolute Gasteiger partial charge is 0.384 e. The second-order valence-electron chi connectivity index (χ2n) is 3.12. The Morgan fingerprint density at radius 1 is 1.43 bits per heavy atom. The standard InChI is InChI=1S/C8H12N4OS/c9-7-1-2-10-8(11-7)12-3-5-14(13)6-4-12/h1-2H,3-6H2,(H2,9,10,11). The number of hydrogen-bond donors (Lipinski definition) is 1. The zero-order valence-electron chi connectivity index (χ0n) is 7.72. The molecule has 6 heteroatoms. The van der Waals surface area contributed by atoms with Gasteiger partial charge in [-0.05, 0) is 6.07 Å². The molecule has 2 rings (SSSR count). The Hall–Kier alpha value is -1.17. The van der Waals surface area contributed by atoms with Crippen LogP contribution >= 0.6 is 0 Å². The van der Waals surface area contributed by atoms with Gasteiger partial charge in [0.15, 0.2) is 0 Å². The van der Waals surface area contributed by atoms with Crippen LogP contribution in [0.3, 0.4) is 0 Å². The van der Waals surface area contributed by atoms with Gasteiger partial charge in [0.1, 0.15) is 5.82 Å². The zero-order chi connectivity index (χ0) is 9.97. The lowest BCUT2D eigenvalue weighted by atomic mass is 10.5. The van der Waals surface area contributed by atoms with Crippen molar-refractivity contribution < 1.29 is 4.21 Å². The molecule has 1 aromatic heterocycles. The Morgan fingerprint density at radius 3 is 2.79 bits per heavy atom. The van der Waals surface area contributed by atoms with E-state index >= 15 is 0 Å². The molecule has 2 N–H and O–H groups in total. The summed E-state index contributed by atoms with van der Waals surface area (Å²) in [5.74, 6) is 2.50. The van der Waals surface area contributed by atoms with Gasteiger partial charge < -0.3 is 10.6 Å². The third kappa shape index (κ3) is 2.01. The maximum atomic E-state index is 11.1. The van der Waals surface area contributed by atoms with Gasteiger partial charge in [0.25, 0.3) is 0 Å². The molecule has 1 aliphatic rings. The van der Waals surface area contributed by atoms with Crippen molar-refractivity contribution >= 4 is 22.6 Å². The lowest BCUT2D eigenvalue weighted by Gasteiger charge is -2.26. The summed E-state index contributed by atoms with van der Waals surface area (Å²) in [6, 6.07) is 1.66. The van der Waals surface area contributed by atoms with Crippen LogP contribution in [0.2, 0.25) is 0 Å². The first-order valence-corrected chi connectivity index (χ1v) is 5.93. The van der Waals surface area contributed by atoms with Gasteiger partial charge in [-0.1, -0.05) is 0 Å². The summed E-state index contributed by atoms with van der Waals surface area (Å²) in [5, 5.41) is 0. The van der Waals surface area contributed by atoms with E-state index in [2.05, 4.69) is 9.97 Å². The molecular formula is C8H12N4OS. The van der Waals surface area contributed by atoms with Crippen LogP contribution in [0.15, 0.2) is 12.3 Å². The van der Waals surface area contributed by atoms with Crippen molar-refractivity contribution in [2.75, 3.05) is 35.2 Å². The molecule has 14 heavy (non-hydrogen) atoms. The molecule has 0 saturated carbocycles. The van der Waals surface area contributed by atoms with Crippen LogP contribution in [0, 0.1) is 0 Å². The first-order valence-electron chi connectivity index (χ1n) is 4.44. The molecule has 0 aromatic carbocycles. The Labute approximate surface area is 84.8 Å². The van der Waals surface area contributed by atoms with Crippen LogP contribution < -0.4 is 10.6 Å². The predicted octanol–water partition coefficient (Wildman–Crippen LogP) is -0.373. The number of aromatic nitrogens is 2. The van der Waals surface area contributed by atoms with Crippen LogP contribution in [-0.2, 0) is 10.8 Å². The Bertz CT molecular complexity index is 347. The zero-order valence-corrected chi connectivity index (χ0v) is 8.54. The highest BCUT2D eigenvalue weighted by Crippen LogP contribution is 2.11. The molecule has 1 aromatic rings. The third-order valence-corrected chi connectivity index (χ3v) is 3.40. The number of hydrogen-bond acceptors (Lipinski definition) is 5. The van der Waals surface area contributed by atoms with E-state index < -0.39 is 10.8 Å². The molecule has 2 heterocycles. The topological polar surface area (TPSA) is 72.1 Å². The maximum absolute atomic E-state index is 11.1. The monoisotopic (exact) mass is 212 g/mol. The SMILES string of the molecule is Nc1ccnc(N2CCS(=O)CC2)n1. The molecular weight excluding hydrogens is 200 g/mol. The number of nitrogen functional groups attached to an aromatic ring is 1. The van der Waals surface area contributed by atoms with Crippen LogP contribution in [-0.4, -0.2) is 38.8 Å². The van der Waals surface area contributed by atoms with Gasteiger partial charge in [-0.3, -0.25) is 4.21 Å². The van der Waals surface area contributed by atoms with Gasteiger partial charge >= 0.3 is 0 Å². The fraction of sp³-hybridized carbons (Fsp3) is 0.500. The molecule has 0 bridgehead atoms. The summed E-state index contributed by atoms with van der Waals surface area (Å²) in [6.07, 6.45) is 1.64. The molecule has 1 fully saturated rings. The first-order chi connectivity index (χ1) is 6.75. The molecule has 1 aliphatic heterocycles. The summed E-state index contributed by atoms with van der Waals surface area (Å²) >= 11 is 0. The Balaban J connectivity index is 2.12. The van der Waals surface area contributed by atoms with Gasteiger partial charge in [0, 0.05) is 41.6 Å². The lowest BCUT2D eigenvalue weighted by Crippen LogP contribution is -2.38. The van der Waals surface area contributed by atoms with Gasteiger partial charge in [-0.2, -0.15) is 4.98 Å². The van der Waals surface area contributed by atoms with Crippen molar-refractivity contribution in [2.24, 2.45) is 0 Å². The number of rotatable bonds is 1. The van der Waals surface area contributed by atoms with Gasteiger partial charge in [-0.25, -0.2) is 4.98 Å². The fourth-order valence-electron chi connectivity index (χ4n) is 1.35. The van der Waals surface area contributed by atoms with E-state index in [0.29, 0.717) is 23.3 Å². The third-order valence-electron chi connectivity index (χ3n) is 2.12. The van der Waals surface area contributed by atoms with Gasteiger partial charge in [0.05, 0.1) is 0 Å². The average Bonchev–Trinajstić information content (AvgIpc) is 2.19. The van der Waals surface area contributed by atoms with E-state index in [4.69, 9.17) is 5.73 Å². The van der Waals surface area contributed by atoms with E-state index in [9.17, 15) is 4.21 Å². The van der Waals surface area contributed by atoms with E-state index in [0.717, 1.165) is 13.1 Å². The van der Waals surface area contributed by atoms with E-state index in [1.165, 1.54) is 0 Å². The van der Waals surface area contributed by atoms with Crippen molar-refractivity contribution in [3.05, 3.63) is 12.3 Å². The normalized spacial score (nSPS) is 18.4. The van der Waals surface area contributed by atoms with Crippen LogP contribution in [0.25, 0.3) is 0 Å². The molecule has 0 unspecified atom stereocenters. The minimum Gasteiger partial charge on any atom is -0.384 e. The maximum Gasteiger partial charge on any atom is 0.227 e. The molecule has 0 aliphatic carbocycles. The highest BCUT2D eigenvalue weighted by molar-refractivity contribution is 7.85. The summed E-state index contributed by atoms with van der Waals surface area (Å²) in [5.41, 5.74) is 5.55. The summed E-state index contributed by atoms with van der Waals surface area (Å²) < 4.78 is 11.1. The van der Waals surface area contributed by atoms with Gasteiger partial charge in [-0.15, -0.1) is 0 Å². The average molecular weight is 212 g/mol. The molecule has 5 nitrogen and oxygen atoms in total. The summed E-state index contributed by atoms with van der Waals surface area (Å²) in [4.78, 5) is 10.3. The lowest BCUT2D eigenvalue weighted by molar-refractivity contribution is 0.671. The first kappa shape index (κ1) is 9.39. The predicted molar refractivity (Wildman–Crippen MR) is 56.5 cm³/mol. The fourth-order valence-corrected chi connectivity index (χ4v) is 2.40. The number of nitrogens with two attached hydrogens (primary N) is 1. The Kier molecular flexibility index (Phi) is 2.62. The molecule has 76 valence electrons. The van der Waals surface area contributed by atoms with Crippen LogP contribution in [0.1, 0.15) is 0 Å². The number of anilines is 2. The molecule has 0 amide bonds. The van der Waals surface area contributed by atoms with Crippen molar-refractivity contribution in [3.8, 4) is 0 Å². The minimum atomic E-state index is -0.668. The highest BCUT2D eigenvalue weighted by Gasteiger charge is 2.17. The van der Waals surface area contributed by atoms with E-state index in [1.807, 2.05) is 4.90 Å². The molecule has 0 spiro atoms. The summed E-state index contributed by atoms with van der Waals surface area (Å²) in [7, 11) is -0.668. The second kappa shape index (κ2) is 3.91. The highest BCUT2D eigenvalue weighted by atomic mass is 32.2. The molecule has 1 saturated heterocycles. The van der Waals surface area contributed by atoms with E-state index in [-0.39, 0.29) is 0 Å². The Morgan fingerprint density at radius 2 is 2.14 bits per heavy atom. The molecule has 0 radical (unpaired) electrons. The van der Waals surface area contributed by atoms with E-state index in [1.54, 1.807) is 12.3 Å². The quantitative estimate of drug-likeness (QED) is 0.687. The van der Waals surface area contributed by atoms with Crippen molar-refractivity contribution in [1.29, 1.82) is 0 Å². The van der Waals surface area contributed by atoms with Gasteiger partial charge in [0.2, 0.25) is 5.95 Å². The molecule has 0 atom stereocenters. The summed E-state index contributed by atoms with van der Waals surface area (Å²) in [6.45, 7) is 1.49. The number of nitrogens with zero attached hydrogens (tertiary/aromatic N) is 3. The minimum absolute atomic E-state index is 0.474. The van der Waals surface area contributed by atoms with Crippen molar-refractivity contribution in [1.82, 2.24) is 9.97 Å². The van der Waals surface area contributed by atoms with Crippen LogP contribution in [0.4, 0.5) is 11.8 Å². The van der Waals surface area contributed by atoms with Crippen molar-refractivity contribution in [2.45, 2.75) is 0 Å². The smallest absolute Gasteiger partial charge is 0.227 e.